The first-order valence-corrected chi connectivity index (χ1v) is 5.41. The van der Waals surface area contributed by atoms with Gasteiger partial charge in [-0.2, -0.15) is 0 Å². The van der Waals surface area contributed by atoms with Gasteiger partial charge in [0.15, 0.2) is 0 Å². The molecule has 0 atom stereocenters. The van der Waals surface area contributed by atoms with Crippen molar-refractivity contribution in [1.29, 1.82) is 0 Å². The van der Waals surface area contributed by atoms with Crippen LogP contribution in [0, 0.1) is 0 Å². The molecule has 86 valence electrons. The van der Waals surface area contributed by atoms with Gasteiger partial charge in [-0.05, 0) is 0 Å². The van der Waals surface area contributed by atoms with Crippen LogP contribution in [0.15, 0.2) is 36.4 Å². The van der Waals surface area contributed by atoms with Gasteiger partial charge < -0.3 is 0 Å². The van der Waals surface area contributed by atoms with Crippen molar-refractivity contribution in [3.8, 4) is 0 Å². The molecule has 0 bridgehead atoms. The van der Waals surface area contributed by atoms with Gasteiger partial charge in [0.1, 0.15) is 0 Å². The van der Waals surface area contributed by atoms with Crippen LogP contribution in [-0.4, -0.2) is 0 Å². The Morgan fingerprint density at radius 1 is 0.571 bits per heavy atom. The van der Waals surface area contributed by atoms with E-state index in [1.807, 2.05) is 64.1 Å². The van der Waals surface area contributed by atoms with Crippen molar-refractivity contribution >= 4 is 0 Å². The highest BCUT2D eigenvalue weighted by Gasteiger charge is 1.57. The average molecular weight is 198 g/mol. The van der Waals surface area contributed by atoms with Crippen LogP contribution in [-0.2, 0) is 0 Å². The normalized spacial score (nSPS) is 5.57. The van der Waals surface area contributed by atoms with Gasteiger partial charge in [-0.15, -0.1) is 0 Å². The minimum Gasteiger partial charge on any atom is -0.0776 e. The van der Waals surface area contributed by atoms with E-state index < -0.39 is 0 Å². The summed E-state index contributed by atoms with van der Waals surface area (Å²) in [5.41, 5.74) is 0. The average Bonchev–Trinajstić information content (AvgIpc) is 2.27. The third-order valence-corrected chi connectivity index (χ3v) is 0.667. The smallest absolute Gasteiger partial charge is 0.0590 e. The van der Waals surface area contributed by atoms with Gasteiger partial charge in [-0.1, -0.05) is 91.8 Å². The van der Waals surface area contributed by atoms with E-state index in [4.69, 9.17) is 0 Å². The summed E-state index contributed by atoms with van der Waals surface area (Å²) in [6, 6.07) is 12.0. The lowest BCUT2D eigenvalue weighted by molar-refractivity contribution is 1.09. The summed E-state index contributed by atoms with van der Waals surface area (Å²) in [6.07, 6.45) is 1.25. The molecule has 1 aromatic carbocycles. The maximum Gasteiger partial charge on any atom is -0.0590 e. The van der Waals surface area contributed by atoms with Crippen LogP contribution >= 0.6 is 0 Å². The highest BCUT2D eigenvalue weighted by molar-refractivity contribution is 4.99. The molecule has 1 aromatic rings. The van der Waals surface area contributed by atoms with E-state index in [0.717, 1.165) is 0 Å². The standard InChI is InChI=1S/C6H6.C3H8.2C2H6.CH4/c1-2-4-6-5-3-1;1-3-2;2*1-2;/h1-6H;3H2,1-2H3;2*1-2H3;1H4. The molecule has 0 radical (unpaired) electrons. The van der Waals surface area contributed by atoms with Gasteiger partial charge in [0.25, 0.3) is 0 Å². The van der Waals surface area contributed by atoms with Gasteiger partial charge >= 0.3 is 0 Å². The summed E-state index contributed by atoms with van der Waals surface area (Å²) in [6.45, 7) is 12.2. The molecule has 0 aliphatic rings. The first-order valence-electron chi connectivity index (χ1n) is 5.41. The predicted molar refractivity (Wildman–Crippen MR) is 71.8 cm³/mol. The molecular weight excluding hydrogens is 168 g/mol. The Balaban J connectivity index is -0.0000000549. The second-order valence-electron chi connectivity index (χ2n) is 1.86. The van der Waals surface area contributed by atoms with Crippen molar-refractivity contribution in [2.24, 2.45) is 0 Å². The lowest BCUT2D eigenvalue weighted by Crippen LogP contribution is -1.47. The second-order valence-corrected chi connectivity index (χ2v) is 1.86. The number of hydrogen-bond donors (Lipinski definition) is 0. The fraction of sp³-hybridized carbons (Fsp3) is 0.571. The fourth-order valence-corrected chi connectivity index (χ4v) is 0.385. The molecule has 14 heavy (non-hydrogen) atoms. The summed E-state index contributed by atoms with van der Waals surface area (Å²) < 4.78 is 0. The van der Waals surface area contributed by atoms with Crippen LogP contribution in [0.1, 0.15) is 55.4 Å². The Morgan fingerprint density at radius 3 is 0.714 bits per heavy atom. The van der Waals surface area contributed by atoms with Crippen molar-refractivity contribution in [2.45, 2.75) is 55.4 Å². The Labute approximate surface area is 92.4 Å². The van der Waals surface area contributed by atoms with Crippen molar-refractivity contribution in [3.63, 3.8) is 0 Å². The topological polar surface area (TPSA) is 0 Å². The van der Waals surface area contributed by atoms with Crippen LogP contribution in [0.4, 0.5) is 0 Å². The first-order chi connectivity index (χ1) is 6.41. The molecule has 0 unspecified atom stereocenters. The molecule has 0 heteroatoms. The highest BCUT2D eigenvalue weighted by Crippen LogP contribution is 1.79. The van der Waals surface area contributed by atoms with Gasteiger partial charge in [-0.3, -0.25) is 0 Å². The zero-order chi connectivity index (χ0) is 10.9. The van der Waals surface area contributed by atoms with Crippen LogP contribution in [0.25, 0.3) is 0 Å². The maximum absolute atomic E-state index is 2.12. The van der Waals surface area contributed by atoms with Crippen LogP contribution in [0.2, 0.25) is 0 Å². The summed E-state index contributed by atoms with van der Waals surface area (Å²) in [5, 5.41) is 0. The molecule has 0 aliphatic heterocycles. The minimum absolute atomic E-state index is 0. The second kappa shape index (κ2) is 39.8. The van der Waals surface area contributed by atoms with E-state index >= 15 is 0 Å². The number of hydrogen-bond acceptors (Lipinski definition) is 0. The van der Waals surface area contributed by atoms with Gasteiger partial charge in [0.05, 0.1) is 0 Å². The van der Waals surface area contributed by atoms with E-state index in [1.165, 1.54) is 6.42 Å². The molecule has 0 aliphatic carbocycles. The lowest BCUT2D eigenvalue weighted by Gasteiger charge is -1.69. The van der Waals surface area contributed by atoms with Gasteiger partial charge in [0.2, 0.25) is 0 Å². The molecule has 1 rings (SSSR count). The van der Waals surface area contributed by atoms with Gasteiger partial charge in [-0.25, -0.2) is 0 Å². The van der Waals surface area contributed by atoms with E-state index in [9.17, 15) is 0 Å². The Morgan fingerprint density at radius 2 is 0.643 bits per heavy atom. The lowest BCUT2D eigenvalue weighted by atomic mass is 10.4. The Bertz CT molecular complexity index is 82.9. The zero-order valence-corrected chi connectivity index (χ0v) is 10.2. The molecule has 0 saturated carbocycles. The summed E-state index contributed by atoms with van der Waals surface area (Å²) >= 11 is 0. The molecule has 0 aromatic heterocycles. The molecular formula is C14H30. The Kier molecular flexibility index (Phi) is 66.0. The molecule has 0 nitrogen and oxygen atoms in total. The van der Waals surface area contributed by atoms with Gasteiger partial charge in [0, 0.05) is 0 Å². The van der Waals surface area contributed by atoms with E-state index in [-0.39, 0.29) is 7.43 Å². The van der Waals surface area contributed by atoms with Crippen molar-refractivity contribution < 1.29 is 0 Å². The zero-order valence-electron chi connectivity index (χ0n) is 10.2. The summed E-state index contributed by atoms with van der Waals surface area (Å²) in [4.78, 5) is 0. The first kappa shape index (κ1) is 23.2. The number of benzene rings is 1. The largest absolute Gasteiger partial charge is 0.0776 e. The minimum atomic E-state index is 0. The van der Waals surface area contributed by atoms with E-state index in [0.29, 0.717) is 0 Å². The van der Waals surface area contributed by atoms with Crippen molar-refractivity contribution in [2.75, 3.05) is 0 Å². The van der Waals surface area contributed by atoms with Crippen LogP contribution in [0.3, 0.4) is 0 Å². The van der Waals surface area contributed by atoms with E-state index in [2.05, 4.69) is 13.8 Å². The molecule has 0 saturated heterocycles. The van der Waals surface area contributed by atoms with Crippen molar-refractivity contribution in [1.82, 2.24) is 0 Å². The third kappa shape index (κ3) is 43.0. The van der Waals surface area contributed by atoms with E-state index in [1.54, 1.807) is 0 Å². The SMILES string of the molecule is C.CC.CC.CCC.c1ccccc1. The third-order valence-electron chi connectivity index (χ3n) is 0.667. The monoisotopic (exact) mass is 198 g/mol. The maximum atomic E-state index is 2.12. The molecule has 0 heterocycles. The number of rotatable bonds is 0. The molecule has 0 fully saturated rings. The molecule has 0 N–H and O–H groups in total. The molecule has 0 amide bonds. The summed E-state index contributed by atoms with van der Waals surface area (Å²) in [7, 11) is 0. The highest BCUT2D eigenvalue weighted by atomic mass is 13.6. The predicted octanol–water partition coefficient (Wildman–Crippen LogP) is 5.79. The van der Waals surface area contributed by atoms with Crippen molar-refractivity contribution in [3.05, 3.63) is 36.4 Å². The van der Waals surface area contributed by atoms with Crippen LogP contribution < -0.4 is 0 Å². The summed E-state index contributed by atoms with van der Waals surface area (Å²) in [5.74, 6) is 0. The van der Waals surface area contributed by atoms with Crippen LogP contribution in [0.5, 0.6) is 0 Å². The quantitative estimate of drug-likeness (QED) is 0.495. The fourth-order valence-electron chi connectivity index (χ4n) is 0.385. The molecule has 0 spiro atoms. The Hall–Kier alpha value is -0.780.